The number of thioether (sulfide) groups is 1. The molecule has 2 aliphatic heterocycles. The summed E-state index contributed by atoms with van der Waals surface area (Å²) in [6.45, 7) is 0.979. The van der Waals surface area contributed by atoms with Gasteiger partial charge in [0.25, 0.3) is 0 Å². The van der Waals surface area contributed by atoms with E-state index in [2.05, 4.69) is 10.6 Å². The summed E-state index contributed by atoms with van der Waals surface area (Å²) in [6, 6.07) is 5.64. The van der Waals surface area contributed by atoms with Crippen LogP contribution in [0.2, 0.25) is 0 Å². The van der Waals surface area contributed by atoms with Gasteiger partial charge in [0.05, 0.1) is 17.7 Å². The molecule has 9 heteroatoms. The number of carbonyl (C=O) groups is 2. The molecule has 3 aliphatic rings. The van der Waals surface area contributed by atoms with E-state index in [4.69, 9.17) is 9.47 Å². The molecule has 3 amide bonds. The van der Waals surface area contributed by atoms with Gasteiger partial charge in [-0.25, -0.2) is 4.79 Å². The molecule has 0 aromatic heterocycles. The maximum Gasteiger partial charge on any atom is 0.318 e. The normalized spacial score (nSPS) is 25.4. The van der Waals surface area contributed by atoms with Crippen LogP contribution in [0.5, 0.6) is 11.5 Å². The van der Waals surface area contributed by atoms with Gasteiger partial charge in [-0.1, -0.05) is 12.5 Å². The maximum atomic E-state index is 12.4. The van der Waals surface area contributed by atoms with Crippen molar-refractivity contribution in [2.75, 3.05) is 25.7 Å². The Balaban J connectivity index is 1.27. The van der Waals surface area contributed by atoms with E-state index < -0.39 is 0 Å². The molecule has 0 spiro atoms. The van der Waals surface area contributed by atoms with E-state index >= 15 is 0 Å². The quantitative estimate of drug-likeness (QED) is 0.630. The summed E-state index contributed by atoms with van der Waals surface area (Å²) in [4.78, 5) is 26.4. The van der Waals surface area contributed by atoms with Crippen molar-refractivity contribution in [3.63, 3.8) is 0 Å². The molecule has 1 saturated carbocycles. The average Bonchev–Trinajstić information content (AvgIpc) is 3.36. The summed E-state index contributed by atoms with van der Waals surface area (Å²) in [6.07, 6.45) is 3.06. The molecule has 3 unspecified atom stereocenters. The van der Waals surface area contributed by atoms with Crippen LogP contribution in [0.4, 0.5) is 4.79 Å². The van der Waals surface area contributed by atoms with Gasteiger partial charge in [-0.2, -0.15) is 0 Å². The zero-order chi connectivity index (χ0) is 19.5. The monoisotopic (exact) mass is 407 g/mol. The first kappa shape index (κ1) is 19.2. The number of nitrogens with zero attached hydrogens (tertiary/aromatic N) is 1. The van der Waals surface area contributed by atoms with E-state index in [0.29, 0.717) is 30.5 Å². The third-order valence-electron chi connectivity index (χ3n) is 5.51. The molecule has 3 atom stereocenters. The fourth-order valence-electron chi connectivity index (χ4n) is 4.18. The van der Waals surface area contributed by atoms with Crippen molar-refractivity contribution in [1.29, 1.82) is 0 Å². The molecule has 4 rings (SSSR count). The predicted molar refractivity (Wildman–Crippen MR) is 104 cm³/mol. The van der Waals surface area contributed by atoms with Gasteiger partial charge in [0.2, 0.25) is 12.7 Å². The van der Waals surface area contributed by atoms with Crippen LogP contribution >= 0.6 is 11.8 Å². The molecule has 8 nitrogen and oxygen atoms in total. The van der Waals surface area contributed by atoms with Gasteiger partial charge < -0.3 is 30.1 Å². The van der Waals surface area contributed by atoms with Crippen molar-refractivity contribution in [2.24, 2.45) is 5.92 Å². The first-order valence-electron chi connectivity index (χ1n) is 9.60. The number of amides is 3. The summed E-state index contributed by atoms with van der Waals surface area (Å²) in [5.41, 5.74) is 0.948. The third kappa shape index (κ3) is 4.00. The molecule has 152 valence electrons. The second-order valence-electron chi connectivity index (χ2n) is 7.22. The van der Waals surface area contributed by atoms with Gasteiger partial charge in [-0.15, -0.1) is 11.8 Å². The number of hydrogen-bond acceptors (Lipinski definition) is 6. The van der Waals surface area contributed by atoms with Crippen LogP contribution in [0, 0.1) is 5.92 Å². The first-order valence-corrected chi connectivity index (χ1v) is 10.7. The smallest absolute Gasteiger partial charge is 0.318 e. The number of rotatable bonds is 7. The Morgan fingerprint density at radius 2 is 2.18 bits per heavy atom. The number of aliphatic hydroxyl groups excluding tert-OH is 1. The van der Waals surface area contributed by atoms with Gasteiger partial charge in [0.15, 0.2) is 11.5 Å². The molecule has 0 radical (unpaired) electrons. The second kappa shape index (κ2) is 8.48. The number of aliphatic hydroxyl groups is 1. The summed E-state index contributed by atoms with van der Waals surface area (Å²) < 4.78 is 10.6. The van der Waals surface area contributed by atoms with Gasteiger partial charge in [-0.05, 0) is 30.5 Å². The lowest BCUT2D eigenvalue weighted by molar-refractivity contribution is -0.118. The van der Waals surface area contributed by atoms with Crippen LogP contribution in [-0.2, 0) is 11.3 Å². The van der Waals surface area contributed by atoms with Crippen molar-refractivity contribution >= 4 is 23.7 Å². The predicted octanol–water partition coefficient (Wildman–Crippen LogP) is 1.28. The van der Waals surface area contributed by atoms with E-state index in [-0.39, 0.29) is 36.8 Å². The molecule has 1 aliphatic carbocycles. The number of nitrogens with one attached hydrogen (secondary N) is 2. The number of benzene rings is 1. The molecule has 28 heavy (non-hydrogen) atoms. The highest BCUT2D eigenvalue weighted by Gasteiger charge is 2.44. The highest BCUT2D eigenvalue weighted by molar-refractivity contribution is 8.00. The lowest BCUT2D eigenvalue weighted by Crippen LogP contribution is -2.60. The minimum atomic E-state index is -0.143. The molecule has 2 heterocycles. The fraction of sp³-hybridized carbons (Fsp3) is 0.579. The number of β-amino-alcohol motifs (C(OH)–C–C–N with tert-alkyl or cyclic N) is 1. The fourth-order valence-corrected chi connectivity index (χ4v) is 5.36. The van der Waals surface area contributed by atoms with Gasteiger partial charge >= 0.3 is 6.03 Å². The van der Waals surface area contributed by atoms with Crippen molar-refractivity contribution in [3.05, 3.63) is 23.8 Å². The number of ether oxygens (including phenoxy) is 2. The number of hydrogen-bond donors (Lipinski definition) is 3. The van der Waals surface area contributed by atoms with Crippen molar-refractivity contribution in [2.45, 2.75) is 37.2 Å². The molecule has 1 aromatic rings. The summed E-state index contributed by atoms with van der Waals surface area (Å²) >= 11 is 1.48. The van der Waals surface area contributed by atoms with Crippen LogP contribution in [0.15, 0.2) is 18.2 Å². The van der Waals surface area contributed by atoms with Crippen LogP contribution in [0.1, 0.15) is 24.8 Å². The number of urea groups is 1. The lowest BCUT2D eigenvalue weighted by Gasteiger charge is -2.42. The molecule has 1 aromatic carbocycles. The van der Waals surface area contributed by atoms with Crippen LogP contribution < -0.4 is 20.1 Å². The van der Waals surface area contributed by atoms with E-state index in [0.717, 1.165) is 30.6 Å². The SMILES string of the molecule is O=C(CSC1NC(=O)N(CCO)C2CCCC12)NCc1ccc2c(c1)OCO2. The number of fused-ring (bicyclic) bond motifs is 2. The highest BCUT2D eigenvalue weighted by Crippen LogP contribution is 2.39. The zero-order valence-electron chi connectivity index (χ0n) is 15.6. The van der Waals surface area contributed by atoms with Crippen molar-refractivity contribution < 1.29 is 24.2 Å². The Morgan fingerprint density at radius 3 is 3.04 bits per heavy atom. The Morgan fingerprint density at radius 1 is 1.32 bits per heavy atom. The van der Waals surface area contributed by atoms with Gasteiger partial charge in [-0.3, -0.25) is 4.79 Å². The molecular weight excluding hydrogens is 382 g/mol. The molecule has 2 fully saturated rings. The molecular formula is C19H25N3O5S. The maximum absolute atomic E-state index is 12.4. The number of carbonyl (C=O) groups excluding carboxylic acids is 2. The van der Waals surface area contributed by atoms with Crippen molar-refractivity contribution in [1.82, 2.24) is 15.5 Å². The summed E-state index contributed by atoms with van der Waals surface area (Å²) in [7, 11) is 0. The lowest BCUT2D eigenvalue weighted by atomic mass is 9.99. The first-order chi connectivity index (χ1) is 13.7. The van der Waals surface area contributed by atoms with Gasteiger partial charge in [0, 0.05) is 25.0 Å². The summed E-state index contributed by atoms with van der Waals surface area (Å²) in [5, 5.41) is 15.1. The second-order valence-corrected chi connectivity index (χ2v) is 8.35. The Bertz CT molecular complexity index is 746. The van der Waals surface area contributed by atoms with E-state index in [1.165, 1.54) is 11.8 Å². The average molecular weight is 407 g/mol. The Hall–Kier alpha value is -2.13. The van der Waals surface area contributed by atoms with E-state index in [1.807, 2.05) is 18.2 Å². The third-order valence-corrected chi connectivity index (χ3v) is 6.76. The zero-order valence-corrected chi connectivity index (χ0v) is 16.4. The van der Waals surface area contributed by atoms with Crippen LogP contribution in [0.3, 0.4) is 0 Å². The topological polar surface area (TPSA) is 100 Å². The minimum Gasteiger partial charge on any atom is -0.454 e. The van der Waals surface area contributed by atoms with E-state index in [9.17, 15) is 14.7 Å². The molecule has 3 N–H and O–H groups in total. The Labute approximate surface area is 167 Å². The molecule has 1 saturated heterocycles. The Kier molecular flexibility index (Phi) is 5.82. The van der Waals surface area contributed by atoms with Crippen LogP contribution in [0.25, 0.3) is 0 Å². The standard InChI is InChI=1S/C19H25N3O5S/c23-7-6-22-14-3-1-2-13(14)18(21-19(22)25)28-10-17(24)20-9-12-4-5-15-16(8-12)27-11-26-15/h4-5,8,13-14,18,23H,1-3,6-7,9-11H2,(H,20,24)(H,21,25). The summed E-state index contributed by atoms with van der Waals surface area (Å²) in [5.74, 6) is 1.96. The van der Waals surface area contributed by atoms with Crippen molar-refractivity contribution in [3.8, 4) is 11.5 Å². The van der Waals surface area contributed by atoms with Crippen LogP contribution in [-0.4, -0.2) is 59.1 Å². The largest absolute Gasteiger partial charge is 0.454 e. The van der Waals surface area contributed by atoms with E-state index in [1.54, 1.807) is 4.90 Å². The highest BCUT2D eigenvalue weighted by atomic mass is 32.2. The van der Waals surface area contributed by atoms with Gasteiger partial charge in [0.1, 0.15) is 0 Å². The molecule has 0 bridgehead atoms. The minimum absolute atomic E-state index is 0.0310.